The highest BCUT2D eigenvalue weighted by Crippen LogP contribution is 2.22. The Kier molecular flexibility index (Phi) is 10.3. The molecular weight excluding hydrogens is 222 g/mol. The van der Waals surface area contributed by atoms with Crippen molar-refractivity contribution in [1.82, 2.24) is 0 Å². The van der Waals surface area contributed by atoms with Gasteiger partial charge in [0.1, 0.15) is 0 Å². The Labute approximate surface area is 114 Å². The summed E-state index contributed by atoms with van der Waals surface area (Å²) >= 11 is 0. The van der Waals surface area contributed by atoms with Gasteiger partial charge in [-0.25, -0.2) is 0 Å². The highest BCUT2D eigenvalue weighted by Gasteiger charge is 2.08. The molecule has 0 aliphatic heterocycles. The normalized spacial score (nSPS) is 13.6. The molecule has 0 heterocycles. The summed E-state index contributed by atoms with van der Waals surface area (Å²) in [7, 11) is 0. The molecule has 0 N–H and O–H groups in total. The quantitative estimate of drug-likeness (QED) is 0.324. The summed E-state index contributed by atoms with van der Waals surface area (Å²) in [4.78, 5) is 10.2. The Morgan fingerprint density at radius 3 is 1.72 bits per heavy atom. The molecule has 18 heavy (non-hydrogen) atoms. The highest BCUT2D eigenvalue weighted by molar-refractivity contribution is 4.61. The number of hydrogen-bond donors (Lipinski definition) is 0. The second-order valence-electron chi connectivity index (χ2n) is 6.88. The molecule has 1 atom stereocenters. The van der Waals surface area contributed by atoms with Crippen LogP contribution in [-0.4, -0.2) is 6.04 Å². The van der Waals surface area contributed by atoms with E-state index in [1.807, 2.05) is 6.92 Å². The summed E-state index contributed by atoms with van der Waals surface area (Å²) < 4.78 is 0. The molecule has 0 aromatic carbocycles. The topological polar surface area (TPSA) is 29.4 Å². The van der Waals surface area contributed by atoms with Gasteiger partial charge < -0.3 is 0 Å². The van der Waals surface area contributed by atoms with Gasteiger partial charge in [0.2, 0.25) is 0 Å². The molecule has 0 rings (SSSR count). The minimum atomic E-state index is 0.0161. The SMILES string of the molecule is CC(CCCCCCCCCCC(C)(C)C)N=O. The third-order valence-electron chi connectivity index (χ3n) is 3.48. The number of unbranched alkanes of at least 4 members (excludes halogenated alkanes) is 7. The van der Waals surface area contributed by atoms with Crippen molar-refractivity contribution in [1.29, 1.82) is 0 Å². The minimum Gasteiger partial charge on any atom is -0.151 e. The monoisotopic (exact) mass is 255 g/mol. The van der Waals surface area contributed by atoms with Gasteiger partial charge in [0.25, 0.3) is 0 Å². The van der Waals surface area contributed by atoms with Gasteiger partial charge in [0.05, 0.1) is 6.04 Å². The second kappa shape index (κ2) is 10.5. The molecule has 0 aliphatic rings. The van der Waals surface area contributed by atoms with E-state index in [1.54, 1.807) is 0 Å². The Morgan fingerprint density at radius 1 is 0.833 bits per heavy atom. The van der Waals surface area contributed by atoms with Crippen LogP contribution in [-0.2, 0) is 0 Å². The molecule has 1 unspecified atom stereocenters. The molecule has 0 bridgehead atoms. The number of hydrogen-bond acceptors (Lipinski definition) is 2. The molecule has 0 spiro atoms. The standard InChI is InChI=1S/C16H33NO/c1-15(17-18)13-11-9-7-5-6-8-10-12-14-16(2,3)4/h15H,5-14H2,1-4H3. The summed E-state index contributed by atoms with van der Waals surface area (Å²) in [6.07, 6.45) is 13.0. The van der Waals surface area contributed by atoms with Crippen LogP contribution in [0.2, 0.25) is 0 Å². The van der Waals surface area contributed by atoms with Crippen molar-refractivity contribution in [3.8, 4) is 0 Å². The fourth-order valence-corrected chi connectivity index (χ4v) is 2.21. The largest absolute Gasteiger partial charge is 0.151 e. The summed E-state index contributed by atoms with van der Waals surface area (Å²) in [6, 6.07) is 0.0161. The number of rotatable bonds is 11. The van der Waals surface area contributed by atoms with Gasteiger partial charge in [-0.05, 0) is 25.2 Å². The first-order valence-electron chi connectivity index (χ1n) is 7.78. The van der Waals surface area contributed by atoms with E-state index in [0.717, 1.165) is 12.8 Å². The van der Waals surface area contributed by atoms with Crippen LogP contribution >= 0.6 is 0 Å². The van der Waals surface area contributed by atoms with Crippen molar-refractivity contribution in [2.45, 2.75) is 97.9 Å². The van der Waals surface area contributed by atoms with Gasteiger partial charge in [0.15, 0.2) is 0 Å². The van der Waals surface area contributed by atoms with Gasteiger partial charge in [-0.1, -0.05) is 77.3 Å². The van der Waals surface area contributed by atoms with Crippen molar-refractivity contribution in [2.24, 2.45) is 10.6 Å². The molecule has 0 aromatic rings. The summed E-state index contributed by atoms with van der Waals surface area (Å²) in [5.74, 6) is 0. The average molecular weight is 255 g/mol. The first-order chi connectivity index (χ1) is 8.45. The molecule has 0 saturated carbocycles. The first-order valence-corrected chi connectivity index (χ1v) is 7.78. The van der Waals surface area contributed by atoms with Gasteiger partial charge in [0, 0.05) is 0 Å². The number of nitroso groups, excluding NO2 is 1. The van der Waals surface area contributed by atoms with E-state index in [-0.39, 0.29) is 6.04 Å². The average Bonchev–Trinajstić information content (AvgIpc) is 2.29. The van der Waals surface area contributed by atoms with Crippen LogP contribution in [0.5, 0.6) is 0 Å². The maximum Gasteiger partial charge on any atom is 0.0891 e. The lowest BCUT2D eigenvalue weighted by Crippen LogP contribution is -2.03. The molecule has 2 nitrogen and oxygen atoms in total. The molecule has 0 aromatic heterocycles. The zero-order valence-electron chi connectivity index (χ0n) is 13.0. The van der Waals surface area contributed by atoms with E-state index >= 15 is 0 Å². The van der Waals surface area contributed by atoms with Crippen LogP contribution in [0.3, 0.4) is 0 Å². The van der Waals surface area contributed by atoms with Crippen molar-refractivity contribution in [3.63, 3.8) is 0 Å². The smallest absolute Gasteiger partial charge is 0.0891 e. The highest BCUT2D eigenvalue weighted by atomic mass is 16.3. The first kappa shape index (κ1) is 17.6. The van der Waals surface area contributed by atoms with E-state index in [9.17, 15) is 4.91 Å². The van der Waals surface area contributed by atoms with Crippen LogP contribution in [0, 0.1) is 10.3 Å². The third kappa shape index (κ3) is 13.7. The van der Waals surface area contributed by atoms with Gasteiger partial charge in [-0.2, -0.15) is 4.91 Å². The van der Waals surface area contributed by atoms with E-state index < -0.39 is 0 Å². The molecule has 0 aliphatic carbocycles. The van der Waals surface area contributed by atoms with Crippen LogP contribution < -0.4 is 0 Å². The van der Waals surface area contributed by atoms with Crippen molar-refractivity contribution in [2.75, 3.05) is 0 Å². The summed E-state index contributed by atoms with van der Waals surface area (Å²) in [5.41, 5.74) is 0.503. The fourth-order valence-electron chi connectivity index (χ4n) is 2.21. The molecule has 108 valence electrons. The Morgan fingerprint density at radius 2 is 1.28 bits per heavy atom. The molecule has 0 fully saturated rings. The van der Waals surface area contributed by atoms with E-state index in [1.165, 1.54) is 51.4 Å². The lowest BCUT2D eigenvalue weighted by molar-refractivity contribution is 0.356. The van der Waals surface area contributed by atoms with Crippen molar-refractivity contribution < 1.29 is 0 Å². The van der Waals surface area contributed by atoms with Crippen LogP contribution in [0.1, 0.15) is 91.9 Å². The lowest BCUT2D eigenvalue weighted by atomic mass is 9.89. The van der Waals surface area contributed by atoms with E-state index in [2.05, 4.69) is 25.9 Å². The van der Waals surface area contributed by atoms with Gasteiger partial charge in [-0.15, -0.1) is 0 Å². The second-order valence-corrected chi connectivity index (χ2v) is 6.88. The third-order valence-corrected chi connectivity index (χ3v) is 3.48. The summed E-state index contributed by atoms with van der Waals surface area (Å²) in [6.45, 7) is 8.87. The molecule has 0 radical (unpaired) electrons. The van der Waals surface area contributed by atoms with Crippen LogP contribution in [0.25, 0.3) is 0 Å². The van der Waals surface area contributed by atoms with E-state index in [4.69, 9.17) is 0 Å². The maximum absolute atomic E-state index is 10.2. The number of nitrogens with zero attached hydrogens (tertiary/aromatic N) is 1. The predicted molar refractivity (Wildman–Crippen MR) is 80.9 cm³/mol. The van der Waals surface area contributed by atoms with Crippen molar-refractivity contribution >= 4 is 0 Å². The molecule has 0 amide bonds. The minimum absolute atomic E-state index is 0.0161. The van der Waals surface area contributed by atoms with Gasteiger partial charge >= 0.3 is 0 Å². The van der Waals surface area contributed by atoms with Crippen molar-refractivity contribution in [3.05, 3.63) is 4.91 Å². The Bertz CT molecular complexity index is 196. The van der Waals surface area contributed by atoms with Crippen LogP contribution in [0.4, 0.5) is 0 Å². The zero-order valence-corrected chi connectivity index (χ0v) is 13.0. The molecular formula is C16H33NO. The maximum atomic E-state index is 10.2. The fraction of sp³-hybridized carbons (Fsp3) is 1.00. The Hall–Kier alpha value is -0.400. The van der Waals surface area contributed by atoms with E-state index in [0.29, 0.717) is 5.41 Å². The lowest BCUT2D eigenvalue weighted by Gasteiger charge is -2.17. The van der Waals surface area contributed by atoms with Crippen LogP contribution in [0.15, 0.2) is 5.18 Å². The van der Waals surface area contributed by atoms with Gasteiger partial charge in [-0.3, -0.25) is 0 Å². The zero-order chi connectivity index (χ0) is 13.9. The summed E-state index contributed by atoms with van der Waals surface area (Å²) in [5, 5.41) is 3.03. The molecule has 0 saturated heterocycles. The predicted octanol–water partition coefficient (Wildman–Crippen LogP) is 6.09. The Balaban J connectivity index is 3.10. The molecule has 2 heteroatoms.